The number of esters is 1. The lowest BCUT2D eigenvalue weighted by Gasteiger charge is -2.28. The first-order valence-corrected chi connectivity index (χ1v) is 8.49. The fourth-order valence-electron chi connectivity index (χ4n) is 2.78. The monoisotopic (exact) mass is 346 g/mol. The van der Waals surface area contributed by atoms with E-state index in [0.29, 0.717) is 12.3 Å². The van der Waals surface area contributed by atoms with Gasteiger partial charge in [0.2, 0.25) is 5.76 Å². The second kappa shape index (κ2) is 8.41. The van der Waals surface area contributed by atoms with Crippen LogP contribution in [0.25, 0.3) is 0 Å². The van der Waals surface area contributed by atoms with Gasteiger partial charge in [0.05, 0.1) is 0 Å². The molecule has 2 heterocycles. The number of benzene rings is 1. The van der Waals surface area contributed by atoms with Crippen molar-refractivity contribution >= 4 is 23.3 Å². The first-order chi connectivity index (χ1) is 12.2. The molecule has 0 bridgehead atoms. The van der Waals surface area contributed by atoms with Gasteiger partial charge in [0.15, 0.2) is 6.61 Å². The molecule has 1 aromatic carbocycles. The molecule has 0 aromatic heterocycles. The largest absolute Gasteiger partial charge is 0.493 e. The van der Waals surface area contributed by atoms with Gasteiger partial charge in [0, 0.05) is 24.5 Å². The Morgan fingerprint density at radius 2 is 1.84 bits per heavy atom. The third-order valence-electron chi connectivity index (χ3n) is 4.06. The normalized spacial score (nSPS) is 17.0. The Hall–Kier alpha value is -2.70. The van der Waals surface area contributed by atoms with Crippen molar-refractivity contribution < 1.29 is 23.8 Å². The van der Waals surface area contributed by atoms with Gasteiger partial charge < -0.3 is 24.4 Å². The molecule has 7 heteroatoms. The molecule has 0 aliphatic carbocycles. The van der Waals surface area contributed by atoms with Crippen molar-refractivity contribution in [2.45, 2.75) is 19.3 Å². The fraction of sp³-hybridized carbons (Fsp3) is 0.444. The van der Waals surface area contributed by atoms with E-state index in [4.69, 9.17) is 14.2 Å². The van der Waals surface area contributed by atoms with Crippen LogP contribution in [0.2, 0.25) is 0 Å². The van der Waals surface area contributed by atoms with E-state index in [0.717, 1.165) is 18.8 Å². The summed E-state index contributed by atoms with van der Waals surface area (Å²) in [5.74, 6) is -1.14. The van der Waals surface area contributed by atoms with Crippen LogP contribution in [-0.2, 0) is 23.8 Å². The summed E-state index contributed by atoms with van der Waals surface area (Å²) in [6, 6.07) is 7.68. The van der Waals surface area contributed by atoms with Crippen LogP contribution in [0.4, 0.5) is 11.4 Å². The summed E-state index contributed by atoms with van der Waals surface area (Å²) < 4.78 is 15.0. The molecule has 1 aromatic rings. The summed E-state index contributed by atoms with van der Waals surface area (Å²) in [4.78, 5) is 25.9. The standard InChI is InChI=1S/C18H22N2O5/c21-17(13-25-18(22)16-12-23-10-11-24-16)19-14-4-6-15(7-5-14)20-8-2-1-3-9-20/h4-7,12H,1-3,8-11,13H2,(H,19,21). The average Bonchev–Trinajstić information content (AvgIpc) is 2.68. The molecule has 2 aliphatic heterocycles. The summed E-state index contributed by atoms with van der Waals surface area (Å²) in [6.07, 6.45) is 4.92. The number of piperidine rings is 1. The molecule has 0 atom stereocenters. The lowest BCUT2D eigenvalue weighted by atomic mass is 10.1. The van der Waals surface area contributed by atoms with Gasteiger partial charge in [-0.3, -0.25) is 4.79 Å². The molecule has 25 heavy (non-hydrogen) atoms. The zero-order chi connectivity index (χ0) is 17.5. The molecule has 0 spiro atoms. The zero-order valence-electron chi connectivity index (χ0n) is 14.0. The van der Waals surface area contributed by atoms with Crippen LogP contribution < -0.4 is 10.2 Å². The Kier molecular flexibility index (Phi) is 5.77. The van der Waals surface area contributed by atoms with Crippen molar-refractivity contribution in [3.63, 3.8) is 0 Å². The molecule has 3 rings (SSSR count). The number of rotatable bonds is 5. The zero-order valence-corrected chi connectivity index (χ0v) is 14.0. The highest BCUT2D eigenvalue weighted by atomic mass is 16.6. The maximum atomic E-state index is 11.9. The van der Waals surface area contributed by atoms with Gasteiger partial charge in [-0.25, -0.2) is 4.79 Å². The first-order valence-electron chi connectivity index (χ1n) is 8.49. The third kappa shape index (κ3) is 4.89. The number of hydrogen-bond donors (Lipinski definition) is 1. The highest BCUT2D eigenvalue weighted by Gasteiger charge is 2.18. The number of amides is 1. The van der Waals surface area contributed by atoms with Crippen LogP contribution >= 0.6 is 0 Å². The molecule has 0 unspecified atom stereocenters. The van der Waals surface area contributed by atoms with E-state index in [1.165, 1.54) is 25.5 Å². The minimum atomic E-state index is -0.713. The van der Waals surface area contributed by atoms with E-state index >= 15 is 0 Å². The second-order valence-corrected chi connectivity index (χ2v) is 5.92. The molecule has 1 fully saturated rings. The van der Waals surface area contributed by atoms with Crippen molar-refractivity contribution in [3.8, 4) is 0 Å². The Balaban J connectivity index is 1.46. The molecule has 2 aliphatic rings. The predicted octanol–water partition coefficient (Wildman–Crippen LogP) is 2.05. The molecule has 1 N–H and O–H groups in total. The van der Waals surface area contributed by atoms with Crippen LogP contribution in [0.1, 0.15) is 19.3 Å². The van der Waals surface area contributed by atoms with Crippen LogP contribution in [0, 0.1) is 0 Å². The third-order valence-corrected chi connectivity index (χ3v) is 4.06. The Labute approximate surface area is 146 Å². The predicted molar refractivity (Wildman–Crippen MR) is 92.1 cm³/mol. The molecule has 1 saturated heterocycles. The van der Waals surface area contributed by atoms with E-state index in [-0.39, 0.29) is 19.0 Å². The minimum absolute atomic E-state index is 0.0232. The average molecular weight is 346 g/mol. The second-order valence-electron chi connectivity index (χ2n) is 5.92. The van der Waals surface area contributed by atoms with Crippen LogP contribution in [0.3, 0.4) is 0 Å². The SMILES string of the molecule is O=C(COC(=O)C1=COCCO1)Nc1ccc(N2CCCCC2)cc1. The molecular formula is C18H22N2O5. The summed E-state index contributed by atoms with van der Waals surface area (Å²) in [7, 11) is 0. The lowest BCUT2D eigenvalue weighted by Crippen LogP contribution is -2.29. The minimum Gasteiger partial charge on any atom is -0.493 e. The maximum Gasteiger partial charge on any atom is 0.377 e. The first kappa shape index (κ1) is 17.1. The maximum absolute atomic E-state index is 11.9. The Morgan fingerprint density at radius 3 is 2.52 bits per heavy atom. The summed E-state index contributed by atoms with van der Waals surface area (Å²) in [5.41, 5.74) is 1.82. The number of carbonyl (C=O) groups excluding carboxylic acids is 2. The number of ether oxygens (including phenoxy) is 3. The van der Waals surface area contributed by atoms with Gasteiger partial charge in [0.1, 0.15) is 19.5 Å². The van der Waals surface area contributed by atoms with Crippen molar-refractivity contribution in [1.82, 2.24) is 0 Å². The van der Waals surface area contributed by atoms with Gasteiger partial charge in [-0.15, -0.1) is 0 Å². The van der Waals surface area contributed by atoms with Crippen LogP contribution in [0.15, 0.2) is 36.3 Å². The number of anilines is 2. The van der Waals surface area contributed by atoms with E-state index in [2.05, 4.69) is 10.2 Å². The quantitative estimate of drug-likeness (QED) is 0.822. The Morgan fingerprint density at radius 1 is 1.08 bits per heavy atom. The van der Waals surface area contributed by atoms with E-state index in [1.54, 1.807) is 0 Å². The van der Waals surface area contributed by atoms with E-state index in [9.17, 15) is 9.59 Å². The summed E-state index contributed by atoms with van der Waals surface area (Å²) >= 11 is 0. The van der Waals surface area contributed by atoms with E-state index in [1.807, 2.05) is 24.3 Å². The van der Waals surface area contributed by atoms with Crippen LogP contribution in [-0.4, -0.2) is 44.8 Å². The topological polar surface area (TPSA) is 77.1 Å². The Bertz CT molecular complexity index is 635. The van der Waals surface area contributed by atoms with Gasteiger partial charge in [0.25, 0.3) is 5.91 Å². The fourth-order valence-corrected chi connectivity index (χ4v) is 2.78. The van der Waals surface area contributed by atoms with Crippen LogP contribution in [0.5, 0.6) is 0 Å². The molecule has 0 saturated carbocycles. The number of carbonyl (C=O) groups is 2. The van der Waals surface area contributed by atoms with Crippen molar-refractivity contribution in [1.29, 1.82) is 0 Å². The molecular weight excluding hydrogens is 324 g/mol. The number of nitrogens with zero attached hydrogens (tertiary/aromatic N) is 1. The number of hydrogen-bond acceptors (Lipinski definition) is 6. The molecule has 7 nitrogen and oxygen atoms in total. The summed E-state index contributed by atoms with van der Waals surface area (Å²) in [6.45, 7) is 2.45. The molecule has 134 valence electrons. The molecule has 1 amide bonds. The molecule has 0 radical (unpaired) electrons. The van der Waals surface area contributed by atoms with Gasteiger partial charge in [-0.1, -0.05) is 0 Å². The number of nitrogens with one attached hydrogen (secondary N) is 1. The van der Waals surface area contributed by atoms with Crippen molar-refractivity contribution in [2.75, 3.05) is 43.1 Å². The lowest BCUT2D eigenvalue weighted by molar-refractivity contribution is -0.148. The van der Waals surface area contributed by atoms with Crippen molar-refractivity contribution in [2.24, 2.45) is 0 Å². The highest BCUT2D eigenvalue weighted by molar-refractivity contribution is 5.94. The smallest absolute Gasteiger partial charge is 0.377 e. The van der Waals surface area contributed by atoms with Gasteiger partial charge >= 0.3 is 5.97 Å². The van der Waals surface area contributed by atoms with E-state index < -0.39 is 11.9 Å². The van der Waals surface area contributed by atoms with Gasteiger partial charge in [-0.2, -0.15) is 0 Å². The van der Waals surface area contributed by atoms with Gasteiger partial charge in [-0.05, 0) is 43.5 Å². The highest BCUT2D eigenvalue weighted by Crippen LogP contribution is 2.21. The van der Waals surface area contributed by atoms with Crippen molar-refractivity contribution in [3.05, 3.63) is 36.3 Å². The summed E-state index contributed by atoms with van der Waals surface area (Å²) in [5, 5.41) is 2.70.